The Labute approximate surface area is 122 Å². The van der Waals surface area contributed by atoms with Gasteiger partial charge in [-0.3, -0.25) is 14.4 Å². The molecule has 108 valence electrons. The molecule has 1 heterocycles. The van der Waals surface area contributed by atoms with Gasteiger partial charge in [0.1, 0.15) is 5.56 Å². The minimum atomic E-state index is -0.498. The number of hydrogen-bond donors (Lipinski definition) is 1. The van der Waals surface area contributed by atoms with Gasteiger partial charge < -0.3 is 9.88 Å². The van der Waals surface area contributed by atoms with Crippen molar-refractivity contribution in [1.82, 2.24) is 9.88 Å². The van der Waals surface area contributed by atoms with Crippen LogP contribution >= 0.6 is 0 Å². The normalized spacial score (nSPS) is 10.2. The van der Waals surface area contributed by atoms with Gasteiger partial charge in [0.15, 0.2) is 6.29 Å². The van der Waals surface area contributed by atoms with Crippen LogP contribution in [-0.4, -0.2) is 23.8 Å². The van der Waals surface area contributed by atoms with E-state index >= 15 is 0 Å². The highest BCUT2D eigenvalue weighted by atomic mass is 16.2. The van der Waals surface area contributed by atoms with Crippen molar-refractivity contribution >= 4 is 12.2 Å². The number of amides is 1. The first kappa shape index (κ1) is 14.7. The Bertz CT molecular complexity index is 747. The largest absolute Gasteiger partial charge is 0.355 e. The molecule has 5 nitrogen and oxygen atoms in total. The fourth-order valence-corrected chi connectivity index (χ4v) is 2.15. The van der Waals surface area contributed by atoms with Gasteiger partial charge in [0.05, 0.1) is 6.54 Å². The maximum absolute atomic E-state index is 12.3. The van der Waals surface area contributed by atoms with E-state index in [-0.39, 0.29) is 5.56 Å². The van der Waals surface area contributed by atoms with Crippen molar-refractivity contribution in [2.75, 3.05) is 7.05 Å². The molecule has 0 spiro atoms. The summed E-state index contributed by atoms with van der Waals surface area (Å²) in [5.74, 6) is -0.498. The Balaban J connectivity index is 2.50. The maximum Gasteiger partial charge on any atom is 0.263 e. The molecule has 0 aliphatic heterocycles. The van der Waals surface area contributed by atoms with Crippen LogP contribution in [0.3, 0.4) is 0 Å². The number of pyridine rings is 1. The number of aromatic nitrogens is 1. The molecule has 0 saturated carbocycles. The average Bonchev–Trinajstić information content (AvgIpc) is 2.48. The van der Waals surface area contributed by atoms with Crippen LogP contribution in [0.25, 0.3) is 0 Å². The van der Waals surface area contributed by atoms with E-state index in [9.17, 15) is 14.4 Å². The number of carbonyl (C=O) groups excluding carboxylic acids is 2. The fraction of sp³-hybridized carbons (Fsp3) is 0.188. The lowest BCUT2D eigenvalue weighted by molar-refractivity contribution is 0.0961. The van der Waals surface area contributed by atoms with Gasteiger partial charge in [-0.1, -0.05) is 29.8 Å². The van der Waals surface area contributed by atoms with Crippen molar-refractivity contribution in [3.8, 4) is 0 Å². The molecule has 1 N–H and O–H groups in total. The zero-order chi connectivity index (χ0) is 15.4. The monoisotopic (exact) mass is 284 g/mol. The molecular weight excluding hydrogens is 268 g/mol. The van der Waals surface area contributed by atoms with E-state index in [0.29, 0.717) is 18.4 Å². The van der Waals surface area contributed by atoms with Crippen LogP contribution in [0.4, 0.5) is 0 Å². The van der Waals surface area contributed by atoms with E-state index < -0.39 is 11.5 Å². The van der Waals surface area contributed by atoms with Crippen LogP contribution in [0.2, 0.25) is 0 Å². The van der Waals surface area contributed by atoms with Crippen LogP contribution in [0.1, 0.15) is 31.8 Å². The number of hydrogen-bond acceptors (Lipinski definition) is 3. The van der Waals surface area contributed by atoms with Gasteiger partial charge in [0.2, 0.25) is 0 Å². The van der Waals surface area contributed by atoms with Gasteiger partial charge in [-0.25, -0.2) is 0 Å². The molecule has 5 heteroatoms. The molecule has 21 heavy (non-hydrogen) atoms. The van der Waals surface area contributed by atoms with E-state index in [1.165, 1.54) is 23.9 Å². The lowest BCUT2D eigenvalue weighted by Crippen LogP contribution is -2.31. The summed E-state index contributed by atoms with van der Waals surface area (Å²) in [6.45, 7) is 2.27. The van der Waals surface area contributed by atoms with Crippen molar-refractivity contribution in [3.05, 3.63) is 69.1 Å². The van der Waals surface area contributed by atoms with E-state index in [1.54, 1.807) is 0 Å². The van der Waals surface area contributed by atoms with Crippen LogP contribution in [0.15, 0.2) is 41.3 Å². The molecule has 0 fully saturated rings. The van der Waals surface area contributed by atoms with Crippen molar-refractivity contribution in [2.24, 2.45) is 0 Å². The Morgan fingerprint density at radius 3 is 2.71 bits per heavy atom. The van der Waals surface area contributed by atoms with Crippen LogP contribution in [-0.2, 0) is 6.54 Å². The minimum Gasteiger partial charge on any atom is -0.355 e. The van der Waals surface area contributed by atoms with Gasteiger partial charge in [-0.15, -0.1) is 0 Å². The molecule has 0 saturated heterocycles. The molecular formula is C16H16N2O3. The number of nitrogens with one attached hydrogen (secondary N) is 1. The molecule has 2 rings (SSSR count). The summed E-state index contributed by atoms with van der Waals surface area (Å²) in [6, 6.07) is 9.02. The SMILES string of the molecule is CNC(=O)c1cc(C=O)cn(Cc2cccc(C)c2)c1=O. The number of nitrogens with zero attached hydrogens (tertiary/aromatic N) is 1. The first-order valence-corrected chi connectivity index (χ1v) is 6.52. The molecule has 0 aliphatic carbocycles. The van der Waals surface area contributed by atoms with Crippen LogP contribution < -0.4 is 10.9 Å². The molecule has 1 aromatic carbocycles. The number of aryl methyl sites for hydroxylation is 1. The molecule has 2 aromatic rings. The Kier molecular flexibility index (Phi) is 4.33. The third kappa shape index (κ3) is 3.25. The van der Waals surface area contributed by atoms with Crippen molar-refractivity contribution in [1.29, 1.82) is 0 Å². The Hall–Kier alpha value is -2.69. The van der Waals surface area contributed by atoms with Crippen molar-refractivity contribution in [2.45, 2.75) is 13.5 Å². The number of rotatable bonds is 4. The van der Waals surface area contributed by atoms with Gasteiger partial charge in [0.25, 0.3) is 11.5 Å². The summed E-state index contributed by atoms with van der Waals surface area (Å²) in [5.41, 5.74) is 1.86. The quantitative estimate of drug-likeness (QED) is 0.862. The number of carbonyl (C=O) groups is 2. The highest BCUT2D eigenvalue weighted by Gasteiger charge is 2.13. The summed E-state index contributed by atoms with van der Waals surface area (Å²) < 4.78 is 1.38. The molecule has 0 radical (unpaired) electrons. The molecule has 1 aromatic heterocycles. The van der Waals surface area contributed by atoms with Gasteiger partial charge in [0, 0.05) is 18.8 Å². The standard InChI is InChI=1S/C16H16N2O3/c1-11-4-3-5-12(6-11)8-18-9-13(10-19)7-14(16(18)21)15(20)17-2/h3-7,9-10H,8H2,1-2H3,(H,17,20). The summed E-state index contributed by atoms with van der Waals surface area (Å²) in [7, 11) is 1.44. The predicted octanol–water partition coefficient (Wildman–Crippen LogP) is 1.38. The van der Waals surface area contributed by atoms with E-state index in [2.05, 4.69) is 5.32 Å². The van der Waals surface area contributed by atoms with Gasteiger partial charge in [-0.2, -0.15) is 0 Å². The smallest absolute Gasteiger partial charge is 0.263 e. The third-order valence-corrected chi connectivity index (χ3v) is 3.15. The molecule has 0 aliphatic rings. The van der Waals surface area contributed by atoms with Crippen molar-refractivity contribution < 1.29 is 9.59 Å². The second-order valence-electron chi connectivity index (χ2n) is 4.81. The summed E-state index contributed by atoms with van der Waals surface area (Å²) >= 11 is 0. The number of aldehydes is 1. The topological polar surface area (TPSA) is 68.2 Å². The highest BCUT2D eigenvalue weighted by molar-refractivity contribution is 5.95. The highest BCUT2D eigenvalue weighted by Crippen LogP contribution is 2.07. The van der Waals surface area contributed by atoms with Gasteiger partial charge in [-0.05, 0) is 18.6 Å². The fourth-order valence-electron chi connectivity index (χ4n) is 2.15. The first-order chi connectivity index (χ1) is 10.0. The third-order valence-electron chi connectivity index (χ3n) is 3.15. The summed E-state index contributed by atoms with van der Waals surface area (Å²) in [5, 5.41) is 2.41. The maximum atomic E-state index is 12.3. The summed E-state index contributed by atoms with van der Waals surface area (Å²) in [6.07, 6.45) is 2.09. The predicted molar refractivity (Wildman–Crippen MR) is 79.8 cm³/mol. The van der Waals surface area contributed by atoms with Crippen LogP contribution in [0.5, 0.6) is 0 Å². The molecule has 1 amide bonds. The van der Waals surface area contributed by atoms with E-state index in [1.807, 2.05) is 31.2 Å². The second kappa shape index (κ2) is 6.17. The second-order valence-corrected chi connectivity index (χ2v) is 4.81. The van der Waals surface area contributed by atoms with Crippen molar-refractivity contribution in [3.63, 3.8) is 0 Å². The summed E-state index contributed by atoms with van der Waals surface area (Å²) in [4.78, 5) is 35.0. The first-order valence-electron chi connectivity index (χ1n) is 6.52. The van der Waals surface area contributed by atoms with E-state index in [4.69, 9.17) is 0 Å². The molecule has 0 unspecified atom stereocenters. The number of benzene rings is 1. The molecule has 0 atom stereocenters. The Morgan fingerprint density at radius 1 is 1.33 bits per heavy atom. The van der Waals surface area contributed by atoms with E-state index in [0.717, 1.165) is 11.1 Å². The lowest BCUT2D eigenvalue weighted by atomic mass is 10.1. The zero-order valence-corrected chi connectivity index (χ0v) is 11.9. The Morgan fingerprint density at radius 2 is 2.10 bits per heavy atom. The molecule has 0 bridgehead atoms. The van der Waals surface area contributed by atoms with Gasteiger partial charge >= 0.3 is 0 Å². The van der Waals surface area contributed by atoms with Crippen LogP contribution in [0, 0.1) is 6.92 Å². The lowest BCUT2D eigenvalue weighted by Gasteiger charge is -2.10. The zero-order valence-electron chi connectivity index (χ0n) is 11.9. The average molecular weight is 284 g/mol. The minimum absolute atomic E-state index is 0.0326.